The van der Waals surface area contributed by atoms with Gasteiger partial charge in [-0.25, -0.2) is 4.79 Å². The summed E-state index contributed by atoms with van der Waals surface area (Å²) in [7, 11) is 8.59. The first-order valence-corrected chi connectivity index (χ1v) is 12.5. The van der Waals surface area contributed by atoms with Crippen molar-refractivity contribution in [3.63, 3.8) is 0 Å². The number of para-hydroxylation sites is 1. The van der Waals surface area contributed by atoms with E-state index in [9.17, 15) is 14.4 Å². The number of ether oxygens (including phenoxy) is 2. The van der Waals surface area contributed by atoms with Crippen LogP contribution in [-0.2, 0) is 16.1 Å². The molecule has 4 amide bonds. The summed E-state index contributed by atoms with van der Waals surface area (Å²) in [6.07, 6.45) is 0. The lowest BCUT2D eigenvalue weighted by Gasteiger charge is -2.31. The van der Waals surface area contributed by atoms with E-state index < -0.39 is 6.04 Å². The summed E-state index contributed by atoms with van der Waals surface area (Å²) >= 11 is 0. The van der Waals surface area contributed by atoms with Crippen molar-refractivity contribution in [1.29, 1.82) is 0 Å². The second-order valence-electron chi connectivity index (χ2n) is 9.65. The number of rotatable bonds is 10. The maximum absolute atomic E-state index is 13.8. The number of hydrogen-bond acceptors (Lipinski definition) is 6. The van der Waals surface area contributed by atoms with Crippen molar-refractivity contribution in [2.24, 2.45) is 0 Å². The molecule has 0 spiro atoms. The minimum Gasteiger partial charge on any atom is -0.493 e. The van der Waals surface area contributed by atoms with Crippen molar-refractivity contribution < 1.29 is 23.9 Å². The molecule has 0 aliphatic carbocycles. The fraction of sp³-hybridized carbons (Fsp3) is 0.393. The molecule has 2 aliphatic heterocycles. The normalized spacial score (nSPS) is 17.1. The summed E-state index contributed by atoms with van der Waals surface area (Å²) in [5, 5.41) is 2.92. The Hall–Kier alpha value is -4.05. The molecular formula is C28H35N5O5. The Balaban J connectivity index is 1.59. The highest BCUT2D eigenvalue weighted by Crippen LogP contribution is 2.42. The van der Waals surface area contributed by atoms with E-state index in [-0.39, 0.29) is 30.9 Å². The van der Waals surface area contributed by atoms with Gasteiger partial charge in [0, 0.05) is 32.2 Å². The zero-order chi connectivity index (χ0) is 27.4. The summed E-state index contributed by atoms with van der Waals surface area (Å²) < 4.78 is 11.0. The van der Waals surface area contributed by atoms with Gasteiger partial charge in [-0.15, -0.1) is 0 Å². The molecule has 2 aromatic carbocycles. The van der Waals surface area contributed by atoms with Gasteiger partial charge in [0.05, 0.1) is 38.1 Å². The van der Waals surface area contributed by atoms with Gasteiger partial charge < -0.3 is 29.5 Å². The van der Waals surface area contributed by atoms with E-state index in [2.05, 4.69) is 5.32 Å². The summed E-state index contributed by atoms with van der Waals surface area (Å²) in [6.45, 7) is 1.75. The van der Waals surface area contributed by atoms with Crippen molar-refractivity contribution in [1.82, 2.24) is 24.9 Å². The number of nitrogens with zero attached hydrogens (tertiary/aromatic N) is 4. The smallest absolute Gasteiger partial charge is 0.322 e. The molecule has 202 valence electrons. The van der Waals surface area contributed by atoms with Crippen LogP contribution in [0, 0.1) is 0 Å². The van der Waals surface area contributed by atoms with Gasteiger partial charge in [0.25, 0.3) is 5.91 Å². The Morgan fingerprint density at radius 1 is 1.03 bits per heavy atom. The van der Waals surface area contributed by atoms with Gasteiger partial charge in [0.15, 0.2) is 11.5 Å². The largest absolute Gasteiger partial charge is 0.493 e. The number of methoxy groups -OCH3 is 2. The van der Waals surface area contributed by atoms with Crippen LogP contribution in [0.4, 0.5) is 4.79 Å². The van der Waals surface area contributed by atoms with E-state index in [4.69, 9.17) is 9.47 Å². The highest BCUT2D eigenvalue weighted by Gasteiger charge is 2.44. The number of likely N-dealkylation sites (N-methyl/N-ethyl adjacent to an activating group) is 2. The quantitative estimate of drug-likeness (QED) is 0.515. The molecule has 0 bridgehead atoms. The van der Waals surface area contributed by atoms with Crippen molar-refractivity contribution in [3.05, 3.63) is 70.9 Å². The topological polar surface area (TPSA) is 94.7 Å². The first-order valence-electron chi connectivity index (χ1n) is 12.5. The van der Waals surface area contributed by atoms with Gasteiger partial charge in [0.2, 0.25) is 5.91 Å². The summed E-state index contributed by atoms with van der Waals surface area (Å²) in [5.41, 5.74) is 2.63. The highest BCUT2D eigenvalue weighted by molar-refractivity contribution is 6.03. The molecule has 0 fully saturated rings. The highest BCUT2D eigenvalue weighted by atomic mass is 16.5. The molecule has 4 rings (SSSR count). The molecule has 0 aromatic heterocycles. The van der Waals surface area contributed by atoms with Crippen LogP contribution in [0.1, 0.15) is 17.2 Å². The zero-order valence-electron chi connectivity index (χ0n) is 22.6. The molecule has 0 saturated heterocycles. The van der Waals surface area contributed by atoms with Crippen LogP contribution < -0.4 is 14.8 Å². The molecule has 1 N–H and O–H groups in total. The average molecular weight is 522 g/mol. The predicted molar refractivity (Wildman–Crippen MR) is 143 cm³/mol. The Morgan fingerprint density at radius 2 is 1.76 bits per heavy atom. The lowest BCUT2D eigenvalue weighted by atomic mass is 9.94. The van der Waals surface area contributed by atoms with E-state index in [1.165, 1.54) is 24.0 Å². The number of carbonyl (C=O) groups is 3. The van der Waals surface area contributed by atoms with Crippen LogP contribution in [-0.4, -0.2) is 99.0 Å². The van der Waals surface area contributed by atoms with E-state index in [0.29, 0.717) is 48.0 Å². The molecule has 0 unspecified atom stereocenters. The molecule has 2 aromatic rings. The lowest BCUT2D eigenvalue weighted by molar-refractivity contribution is -0.138. The third-order valence-electron chi connectivity index (χ3n) is 6.89. The second kappa shape index (κ2) is 11.6. The number of urea groups is 1. The Labute approximate surface area is 223 Å². The molecule has 10 nitrogen and oxygen atoms in total. The van der Waals surface area contributed by atoms with Crippen molar-refractivity contribution in [2.45, 2.75) is 12.6 Å². The molecular weight excluding hydrogens is 486 g/mol. The fourth-order valence-corrected chi connectivity index (χ4v) is 4.80. The van der Waals surface area contributed by atoms with E-state index >= 15 is 0 Å². The van der Waals surface area contributed by atoms with Crippen molar-refractivity contribution in [2.75, 3.05) is 61.5 Å². The number of nitrogens with one attached hydrogen (secondary N) is 1. The van der Waals surface area contributed by atoms with Gasteiger partial charge >= 0.3 is 6.03 Å². The van der Waals surface area contributed by atoms with Crippen molar-refractivity contribution >= 4 is 17.8 Å². The second-order valence-corrected chi connectivity index (χ2v) is 9.65. The number of hydrogen-bond donors (Lipinski definition) is 1. The van der Waals surface area contributed by atoms with Gasteiger partial charge in [-0.2, -0.15) is 0 Å². The van der Waals surface area contributed by atoms with Gasteiger partial charge in [-0.1, -0.05) is 42.5 Å². The van der Waals surface area contributed by atoms with E-state index in [1.54, 1.807) is 30.1 Å². The summed E-state index contributed by atoms with van der Waals surface area (Å²) in [5.74, 6) is 0.496. The van der Waals surface area contributed by atoms with Crippen LogP contribution in [0.25, 0.3) is 0 Å². The molecule has 2 aliphatic rings. The minimum absolute atomic E-state index is 0.0872. The van der Waals surface area contributed by atoms with Gasteiger partial charge in [-0.3, -0.25) is 14.5 Å². The van der Waals surface area contributed by atoms with Crippen molar-refractivity contribution in [3.8, 4) is 11.5 Å². The lowest BCUT2D eigenvalue weighted by Crippen LogP contribution is -2.45. The van der Waals surface area contributed by atoms with Crippen LogP contribution in [0.2, 0.25) is 0 Å². The number of benzene rings is 2. The Morgan fingerprint density at radius 3 is 2.42 bits per heavy atom. The number of amides is 4. The average Bonchev–Trinajstić information content (AvgIpc) is 3.24. The minimum atomic E-state index is -0.736. The fourth-order valence-electron chi connectivity index (χ4n) is 4.80. The maximum Gasteiger partial charge on any atom is 0.322 e. The number of carbonyl (C=O) groups excluding carboxylic acids is 3. The molecule has 38 heavy (non-hydrogen) atoms. The van der Waals surface area contributed by atoms with Crippen LogP contribution in [0.15, 0.2) is 59.8 Å². The van der Waals surface area contributed by atoms with E-state index in [1.807, 2.05) is 49.3 Å². The SMILES string of the molecule is COc1cccc([C@H]2NC(=O)N(C)C3=C2C(=O)N(CC(=O)N(CCN(C)C)Cc2ccccc2)C3)c1OC. The zero-order valence-corrected chi connectivity index (χ0v) is 22.6. The van der Waals surface area contributed by atoms with Crippen LogP contribution >= 0.6 is 0 Å². The standard InChI is InChI=1S/C28H35N5O5/c1-30(2)14-15-32(16-19-10-7-6-8-11-19)23(34)18-33-17-21-24(27(33)35)25(29-28(36)31(21)3)20-12-9-13-22(37-4)26(20)38-5/h6-13,25H,14-18H2,1-5H3,(H,29,36)/t25-/m1/s1. The third-order valence-corrected chi connectivity index (χ3v) is 6.89. The molecule has 10 heteroatoms. The Bertz CT molecular complexity index is 1230. The summed E-state index contributed by atoms with van der Waals surface area (Å²) in [6, 6.07) is 14.1. The van der Waals surface area contributed by atoms with Gasteiger partial charge in [0.1, 0.15) is 6.54 Å². The molecule has 2 heterocycles. The van der Waals surface area contributed by atoms with Gasteiger partial charge in [-0.05, 0) is 25.7 Å². The molecule has 0 radical (unpaired) electrons. The third kappa shape index (κ3) is 5.45. The first kappa shape index (κ1) is 27.0. The Kier molecular flexibility index (Phi) is 8.21. The van der Waals surface area contributed by atoms with Crippen LogP contribution in [0.3, 0.4) is 0 Å². The molecule has 1 atom stereocenters. The maximum atomic E-state index is 13.8. The molecule has 0 saturated carbocycles. The van der Waals surface area contributed by atoms with Crippen LogP contribution in [0.5, 0.6) is 11.5 Å². The monoisotopic (exact) mass is 521 g/mol. The van der Waals surface area contributed by atoms with E-state index in [0.717, 1.165) is 5.56 Å². The predicted octanol–water partition coefficient (Wildman–Crippen LogP) is 2.09. The first-order chi connectivity index (χ1) is 18.2. The summed E-state index contributed by atoms with van der Waals surface area (Å²) in [4.78, 5) is 46.9.